The number of imidazole rings is 1. The van der Waals surface area contributed by atoms with Crippen molar-refractivity contribution >= 4 is 5.82 Å². The van der Waals surface area contributed by atoms with Gasteiger partial charge in [-0.05, 0) is 25.7 Å². The highest BCUT2D eigenvalue weighted by Gasteiger charge is 2.31. The second-order valence-electron chi connectivity index (χ2n) is 6.12. The zero-order valence-electron chi connectivity index (χ0n) is 11.5. The molecule has 2 aliphatic carbocycles. The lowest BCUT2D eigenvalue weighted by atomic mass is 9.89. The standard InChI is InChI=1S/C15H25N3/c1-18-14(16)13(17-15(18)12-9-10-12)11-7-5-3-2-4-6-8-11/h11-12H,2-10,16H2,1H3. The topological polar surface area (TPSA) is 43.8 Å². The molecule has 2 N–H and O–H groups in total. The van der Waals surface area contributed by atoms with Gasteiger partial charge in [-0.3, -0.25) is 0 Å². The predicted octanol–water partition coefficient (Wildman–Crippen LogP) is 3.71. The largest absolute Gasteiger partial charge is 0.384 e. The van der Waals surface area contributed by atoms with Crippen LogP contribution in [0.2, 0.25) is 0 Å². The average molecular weight is 247 g/mol. The van der Waals surface area contributed by atoms with E-state index < -0.39 is 0 Å². The molecule has 2 fully saturated rings. The van der Waals surface area contributed by atoms with Crippen LogP contribution in [0, 0.1) is 0 Å². The molecule has 0 aromatic carbocycles. The van der Waals surface area contributed by atoms with E-state index in [0.29, 0.717) is 11.8 Å². The summed E-state index contributed by atoms with van der Waals surface area (Å²) in [5.41, 5.74) is 7.50. The second-order valence-corrected chi connectivity index (χ2v) is 6.12. The highest BCUT2D eigenvalue weighted by atomic mass is 15.1. The van der Waals surface area contributed by atoms with E-state index in [1.807, 2.05) is 0 Å². The number of hydrogen-bond acceptors (Lipinski definition) is 2. The molecule has 1 aromatic rings. The Hall–Kier alpha value is -0.990. The van der Waals surface area contributed by atoms with Crippen LogP contribution in [0.25, 0.3) is 0 Å². The van der Waals surface area contributed by atoms with Gasteiger partial charge in [-0.1, -0.05) is 32.1 Å². The molecule has 2 aliphatic rings. The number of nitrogens with zero attached hydrogens (tertiary/aromatic N) is 2. The van der Waals surface area contributed by atoms with Crippen molar-refractivity contribution in [2.24, 2.45) is 7.05 Å². The van der Waals surface area contributed by atoms with Gasteiger partial charge in [0.15, 0.2) is 0 Å². The summed E-state index contributed by atoms with van der Waals surface area (Å²) in [5, 5.41) is 0. The minimum atomic E-state index is 0.615. The number of anilines is 1. The molecule has 0 atom stereocenters. The van der Waals surface area contributed by atoms with Gasteiger partial charge in [0.2, 0.25) is 0 Å². The average Bonchev–Trinajstić information content (AvgIpc) is 3.10. The van der Waals surface area contributed by atoms with Crippen LogP contribution in [0.4, 0.5) is 5.82 Å². The second kappa shape index (κ2) is 4.94. The lowest BCUT2D eigenvalue weighted by Gasteiger charge is -2.18. The van der Waals surface area contributed by atoms with E-state index in [1.165, 1.54) is 69.3 Å². The van der Waals surface area contributed by atoms with E-state index in [9.17, 15) is 0 Å². The number of rotatable bonds is 2. The van der Waals surface area contributed by atoms with Gasteiger partial charge >= 0.3 is 0 Å². The zero-order valence-corrected chi connectivity index (χ0v) is 11.5. The van der Waals surface area contributed by atoms with Crippen molar-refractivity contribution in [3.8, 4) is 0 Å². The first-order valence-corrected chi connectivity index (χ1v) is 7.59. The quantitative estimate of drug-likeness (QED) is 0.865. The highest BCUT2D eigenvalue weighted by Crippen LogP contribution is 2.42. The molecule has 0 amide bonds. The molecule has 2 saturated carbocycles. The van der Waals surface area contributed by atoms with Gasteiger partial charge in [-0.2, -0.15) is 0 Å². The van der Waals surface area contributed by atoms with Crippen molar-refractivity contribution < 1.29 is 0 Å². The monoisotopic (exact) mass is 247 g/mol. The van der Waals surface area contributed by atoms with Crippen LogP contribution in [-0.4, -0.2) is 9.55 Å². The van der Waals surface area contributed by atoms with Crippen LogP contribution < -0.4 is 5.73 Å². The van der Waals surface area contributed by atoms with Crippen molar-refractivity contribution in [1.82, 2.24) is 9.55 Å². The SMILES string of the molecule is Cn1c(C2CC2)nc(C2CCCCCCC2)c1N. The van der Waals surface area contributed by atoms with E-state index in [0.717, 1.165) is 5.82 Å². The fraction of sp³-hybridized carbons (Fsp3) is 0.800. The highest BCUT2D eigenvalue weighted by molar-refractivity contribution is 5.41. The Labute approximate surface area is 110 Å². The van der Waals surface area contributed by atoms with Gasteiger partial charge in [0.1, 0.15) is 11.6 Å². The lowest BCUT2D eigenvalue weighted by Crippen LogP contribution is -2.06. The molecule has 0 aliphatic heterocycles. The molecule has 3 rings (SSSR count). The summed E-state index contributed by atoms with van der Waals surface area (Å²) >= 11 is 0. The smallest absolute Gasteiger partial charge is 0.126 e. The molecule has 0 spiro atoms. The Bertz CT molecular complexity index is 410. The normalized spacial score (nSPS) is 22.7. The molecule has 0 unspecified atom stereocenters. The minimum absolute atomic E-state index is 0.615. The third-order valence-corrected chi connectivity index (χ3v) is 4.64. The Kier molecular flexibility index (Phi) is 3.31. The van der Waals surface area contributed by atoms with Crippen LogP contribution in [0.5, 0.6) is 0 Å². The maximum absolute atomic E-state index is 6.29. The molecule has 0 radical (unpaired) electrons. The Balaban J connectivity index is 1.83. The van der Waals surface area contributed by atoms with Crippen molar-refractivity contribution in [2.75, 3.05) is 5.73 Å². The summed E-state index contributed by atoms with van der Waals surface area (Å²) in [6.07, 6.45) is 12.0. The van der Waals surface area contributed by atoms with Gasteiger partial charge in [-0.25, -0.2) is 4.98 Å². The van der Waals surface area contributed by atoms with Crippen molar-refractivity contribution in [1.29, 1.82) is 0 Å². The molecule has 1 aromatic heterocycles. The van der Waals surface area contributed by atoms with Crippen molar-refractivity contribution in [3.63, 3.8) is 0 Å². The number of hydrogen-bond donors (Lipinski definition) is 1. The molecule has 100 valence electrons. The van der Waals surface area contributed by atoms with Gasteiger partial charge in [-0.15, -0.1) is 0 Å². The Morgan fingerprint density at radius 1 is 0.944 bits per heavy atom. The number of aromatic nitrogens is 2. The minimum Gasteiger partial charge on any atom is -0.384 e. The predicted molar refractivity (Wildman–Crippen MR) is 74.7 cm³/mol. The molecule has 3 nitrogen and oxygen atoms in total. The van der Waals surface area contributed by atoms with Gasteiger partial charge in [0.25, 0.3) is 0 Å². The summed E-state index contributed by atoms with van der Waals surface area (Å²) in [6, 6.07) is 0. The van der Waals surface area contributed by atoms with Crippen molar-refractivity contribution in [3.05, 3.63) is 11.5 Å². The van der Waals surface area contributed by atoms with Crippen LogP contribution in [-0.2, 0) is 7.05 Å². The molecule has 18 heavy (non-hydrogen) atoms. The summed E-state index contributed by atoms with van der Waals surface area (Å²) < 4.78 is 2.14. The van der Waals surface area contributed by atoms with Gasteiger partial charge in [0.05, 0.1) is 5.69 Å². The zero-order chi connectivity index (χ0) is 12.5. The first-order valence-electron chi connectivity index (χ1n) is 7.59. The summed E-state index contributed by atoms with van der Waals surface area (Å²) in [5.74, 6) is 3.48. The molecule has 0 saturated heterocycles. The maximum Gasteiger partial charge on any atom is 0.126 e. The van der Waals surface area contributed by atoms with E-state index in [1.54, 1.807) is 0 Å². The number of nitrogens with two attached hydrogens (primary N) is 1. The molecule has 1 heterocycles. The van der Waals surface area contributed by atoms with Gasteiger partial charge in [0, 0.05) is 18.9 Å². The van der Waals surface area contributed by atoms with Crippen LogP contribution in [0.1, 0.15) is 81.1 Å². The summed E-state index contributed by atoms with van der Waals surface area (Å²) in [6.45, 7) is 0. The van der Waals surface area contributed by atoms with Crippen LogP contribution in [0.3, 0.4) is 0 Å². The van der Waals surface area contributed by atoms with Crippen molar-refractivity contribution in [2.45, 2.75) is 69.6 Å². The summed E-state index contributed by atoms with van der Waals surface area (Å²) in [4.78, 5) is 4.91. The van der Waals surface area contributed by atoms with E-state index in [2.05, 4.69) is 11.6 Å². The first-order chi connectivity index (χ1) is 8.77. The molecular weight excluding hydrogens is 222 g/mol. The van der Waals surface area contributed by atoms with Gasteiger partial charge < -0.3 is 10.3 Å². The molecular formula is C15H25N3. The first kappa shape index (κ1) is 12.1. The number of nitrogen functional groups attached to an aromatic ring is 1. The lowest BCUT2D eigenvalue weighted by molar-refractivity contribution is 0.451. The van der Waals surface area contributed by atoms with Crippen LogP contribution >= 0.6 is 0 Å². The van der Waals surface area contributed by atoms with Crippen LogP contribution in [0.15, 0.2) is 0 Å². The fourth-order valence-electron chi connectivity index (χ4n) is 3.29. The van der Waals surface area contributed by atoms with E-state index in [-0.39, 0.29) is 0 Å². The molecule has 3 heteroatoms. The van der Waals surface area contributed by atoms with E-state index in [4.69, 9.17) is 10.7 Å². The maximum atomic E-state index is 6.29. The summed E-state index contributed by atoms with van der Waals surface area (Å²) in [7, 11) is 2.09. The van der Waals surface area contributed by atoms with E-state index >= 15 is 0 Å². The Morgan fingerprint density at radius 2 is 1.56 bits per heavy atom. The molecule has 0 bridgehead atoms. The third-order valence-electron chi connectivity index (χ3n) is 4.64. The fourth-order valence-corrected chi connectivity index (χ4v) is 3.29. The Morgan fingerprint density at radius 3 is 2.17 bits per heavy atom. The third kappa shape index (κ3) is 2.27.